The molecule has 0 bridgehead atoms. The summed E-state index contributed by atoms with van der Waals surface area (Å²) < 4.78 is 5.67. The highest BCUT2D eigenvalue weighted by molar-refractivity contribution is 6.34. The van der Waals surface area contributed by atoms with Gasteiger partial charge in [0.1, 0.15) is 0 Å². The van der Waals surface area contributed by atoms with Crippen molar-refractivity contribution in [2.75, 3.05) is 0 Å². The van der Waals surface area contributed by atoms with E-state index in [1.165, 1.54) is 6.42 Å². The van der Waals surface area contributed by atoms with E-state index in [9.17, 15) is 4.79 Å². The molecule has 1 aromatic carbocycles. The van der Waals surface area contributed by atoms with Gasteiger partial charge >= 0.3 is 0 Å². The lowest BCUT2D eigenvalue weighted by Gasteiger charge is -2.24. The molecule has 3 heteroatoms. The van der Waals surface area contributed by atoms with Gasteiger partial charge in [-0.15, -0.1) is 0 Å². The SMILES string of the molecule is CC1CCCC(C(=O)c2cc3cccc(Cl)c3o2)C1. The molecule has 1 aliphatic carbocycles. The Hall–Kier alpha value is -1.28. The Balaban J connectivity index is 1.91. The smallest absolute Gasteiger partial charge is 0.201 e. The number of benzene rings is 1. The molecule has 2 aromatic rings. The van der Waals surface area contributed by atoms with E-state index in [2.05, 4.69) is 6.92 Å². The number of halogens is 1. The molecule has 1 fully saturated rings. The zero-order chi connectivity index (χ0) is 13.4. The van der Waals surface area contributed by atoms with Gasteiger partial charge < -0.3 is 4.42 Å². The van der Waals surface area contributed by atoms with Gasteiger partial charge in [0.25, 0.3) is 0 Å². The van der Waals surface area contributed by atoms with Crippen LogP contribution in [-0.4, -0.2) is 5.78 Å². The third kappa shape index (κ3) is 2.42. The molecule has 1 aliphatic rings. The Morgan fingerprint density at radius 2 is 2.21 bits per heavy atom. The normalized spacial score (nSPS) is 23.7. The molecule has 100 valence electrons. The molecule has 3 rings (SSSR count). The van der Waals surface area contributed by atoms with Gasteiger partial charge in [-0.1, -0.05) is 43.5 Å². The average molecular weight is 277 g/mol. The summed E-state index contributed by atoms with van der Waals surface area (Å²) in [5, 5.41) is 1.47. The molecule has 1 aromatic heterocycles. The van der Waals surface area contributed by atoms with E-state index in [0.717, 1.165) is 24.6 Å². The first-order chi connectivity index (χ1) is 9.15. The van der Waals surface area contributed by atoms with E-state index in [4.69, 9.17) is 16.0 Å². The highest BCUT2D eigenvalue weighted by Crippen LogP contribution is 2.33. The first-order valence-corrected chi connectivity index (χ1v) is 7.25. The molecule has 1 saturated carbocycles. The second-order valence-corrected chi connectivity index (χ2v) is 6.01. The quantitative estimate of drug-likeness (QED) is 0.715. The van der Waals surface area contributed by atoms with Crippen molar-refractivity contribution >= 4 is 28.4 Å². The highest BCUT2D eigenvalue weighted by atomic mass is 35.5. The van der Waals surface area contributed by atoms with Crippen LogP contribution in [-0.2, 0) is 0 Å². The minimum absolute atomic E-state index is 0.114. The Labute approximate surface area is 117 Å². The number of fused-ring (bicyclic) bond motifs is 1. The lowest BCUT2D eigenvalue weighted by Crippen LogP contribution is -2.21. The minimum atomic E-state index is 0.114. The highest BCUT2D eigenvalue weighted by Gasteiger charge is 2.28. The minimum Gasteiger partial charge on any atom is -0.451 e. The van der Waals surface area contributed by atoms with Crippen molar-refractivity contribution in [2.24, 2.45) is 11.8 Å². The summed E-state index contributed by atoms with van der Waals surface area (Å²) in [7, 11) is 0. The number of furan rings is 1. The summed E-state index contributed by atoms with van der Waals surface area (Å²) >= 11 is 6.08. The summed E-state index contributed by atoms with van der Waals surface area (Å²) in [4.78, 5) is 12.5. The van der Waals surface area contributed by atoms with E-state index in [0.29, 0.717) is 22.3 Å². The van der Waals surface area contributed by atoms with E-state index in [-0.39, 0.29) is 11.7 Å². The zero-order valence-corrected chi connectivity index (χ0v) is 11.7. The van der Waals surface area contributed by atoms with Crippen molar-refractivity contribution in [3.63, 3.8) is 0 Å². The van der Waals surface area contributed by atoms with E-state index in [1.54, 1.807) is 6.07 Å². The maximum Gasteiger partial charge on any atom is 0.201 e. The van der Waals surface area contributed by atoms with Crippen LogP contribution >= 0.6 is 11.6 Å². The number of carbonyl (C=O) groups is 1. The number of rotatable bonds is 2. The molecule has 0 N–H and O–H groups in total. The predicted octanol–water partition coefficient (Wildman–Crippen LogP) is 5.10. The number of para-hydroxylation sites is 1. The van der Waals surface area contributed by atoms with Gasteiger partial charge in [0, 0.05) is 11.3 Å². The van der Waals surface area contributed by atoms with Gasteiger partial charge in [-0.25, -0.2) is 0 Å². The van der Waals surface area contributed by atoms with E-state index < -0.39 is 0 Å². The van der Waals surface area contributed by atoms with Crippen molar-refractivity contribution in [1.29, 1.82) is 0 Å². The first-order valence-electron chi connectivity index (χ1n) is 6.87. The van der Waals surface area contributed by atoms with E-state index in [1.807, 2.05) is 18.2 Å². The lowest BCUT2D eigenvalue weighted by atomic mass is 9.80. The maximum atomic E-state index is 12.5. The molecular formula is C16H17ClO2. The number of carbonyl (C=O) groups excluding carboxylic acids is 1. The Bertz CT molecular complexity index is 614. The fourth-order valence-electron chi connectivity index (χ4n) is 3.02. The van der Waals surface area contributed by atoms with Crippen LogP contribution in [0.2, 0.25) is 5.02 Å². The monoisotopic (exact) mass is 276 g/mol. The van der Waals surface area contributed by atoms with Crippen LogP contribution < -0.4 is 0 Å². The van der Waals surface area contributed by atoms with Crippen LogP contribution in [0.5, 0.6) is 0 Å². The number of hydrogen-bond donors (Lipinski definition) is 0. The molecule has 1 heterocycles. The van der Waals surface area contributed by atoms with Crippen LogP contribution in [0, 0.1) is 11.8 Å². The van der Waals surface area contributed by atoms with Crippen LogP contribution in [0.25, 0.3) is 11.0 Å². The number of ketones is 1. The largest absolute Gasteiger partial charge is 0.451 e. The Morgan fingerprint density at radius 3 is 2.95 bits per heavy atom. The average Bonchev–Trinajstić information content (AvgIpc) is 2.83. The molecule has 0 spiro atoms. The van der Waals surface area contributed by atoms with Crippen molar-refractivity contribution < 1.29 is 9.21 Å². The maximum absolute atomic E-state index is 12.5. The predicted molar refractivity (Wildman–Crippen MR) is 76.7 cm³/mol. The third-order valence-corrected chi connectivity index (χ3v) is 4.34. The van der Waals surface area contributed by atoms with Gasteiger partial charge in [-0.3, -0.25) is 4.79 Å². The summed E-state index contributed by atoms with van der Waals surface area (Å²) in [5.74, 6) is 1.35. The topological polar surface area (TPSA) is 30.2 Å². The summed E-state index contributed by atoms with van der Waals surface area (Å²) in [6.07, 6.45) is 4.33. The zero-order valence-electron chi connectivity index (χ0n) is 11.0. The van der Waals surface area contributed by atoms with Crippen LogP contribution in [0.1, 0.15) is 43.2 Å². The molecule has 2 unspecified atom stereocenters. The van der Waals surface area contributed by atoms with Crippen molar-refractivity contribution in [1.82, 2.24) is 0 Å². The summed E-state index contributed by atoms with van der Waals surface area (Å²) in [6.45, 7) is 2.22. The standard InChI is InChI=1S/C16H17ClO2/c1-10-4-2-5-11(8-10)15(18)14-9-12-6-3-7-13(17)16(12)19-14/h3,6-7,9-11H,2,4-5,8H2,1H3. The molecule has 0 radical (unpaired) electrons. The molecule has 0 amide bonds. The number of hydrogen-bond acceptors (Lipinski definition) is 2. The van der Waals surface area contributed by atoms with Crippen LogP contribution in [0.4, 0.5) is 0 Å². The van der Waals surface area contributed by atoms with E-state index >= 15 is 0 Å². The third-order valence-electron chi connectivity index (χ3n) is 4.05. The van der Waals surface area contributed by atoms with Gasteiger partial charge in [0.05, 0.1) is 5.02 Å². The Kier molecular flexibility index (Phi) is 3.36. The summed E-state index contributed by atoms with van der Waals surface area (Å²) in [6, 6.07) is 7.40. The fourth-order valence-corrected chi connectivity index (χ4v) is 3.24. The number of Topliss-reactive ketones (excluding diaryl/α,β-unsaturated/α-hetero) is 1. The van der Waals surface area contributed by atoms with Crippen molar-refractivity contribution in [3.8, 4) is 0 Å². The Morgan fingerprint density at radius 1 is 1.37 bits per heavy atom. The summed E-state index contributed by atoms with van der Waals surface area (Å²) in [5.41, 5.74) is 0.622. The van der Waals surface area contributed by atoms with Crippen LogP contribution in [0.3, 0.4) is 0 Å². The lowest BCUT2D eigenvalue weighted by molar-refractivity contribution is 0.0841. The van der Waals surface area contributed by atoms with Crippen molar-refractivity contribution in [2.45, 2.75) is 32.6 Å². The molecule has 0 saturated heterocycles. The van der Waals surface area contributed by atoms with Gasteiger partial charge in [-0.05, 0) is 30.9 Å². The fraction of sp³-hybridized carbons (Fsp3) is 0.438. The molecule has 2 atom stereocenters. The van der Waals surface area contributed by atoms with Gasteiger partial charge in [-0.2, -0.15) is 0 Å². The molecular weight excluding hydrogens is 260 g/mol. The van der Waals surface area contributed by atoms with Gasteiger partial charge in [0.2, 0.25) is 5.78 Å². The van der Waals surface area contributed by atoms with Crippen molar-refractivity contribution in [3.05, 3.63) is 35.0 Å². The van der Waals surface area contributed by atoms with Crippen LogP contribution in [0.15, 0.2) is 28.7 Å². The first kappa shape index (κ1) is 12.7. The second-order valence-electron chi connectivity index (χ2n) is 5.60. The second kappa shape index (κ2) is 5.01. The molecule has 0 aliphatic heterocycles. The molecule has 19 heavy (non-hydrogen) atoms. The van der Waals surface area contributed by atoms with Gasteiger partial charge in [0.15, 0.2) is 11.3 Å². The molecule has 2 nitrogen and oxygen atoms in total.